The minimum Gasteiger partial charge on any atom is -0.503 e. The van der Waals surface area contributed by atoms with Crippen LogP contribution in [0.15, 0.2) is 77.5 Å². The molecule has 0 aliphatic carbocycles. The summed E-state index contributed by atoms with van der Waals surface area (Å²) in [5.41, 5.74) is 3.22. The number of thiophene rings is 1. The van der Waals surface area contributed by atoms with Crippen LogP contribution in [0.5, 0.6) is 0 Å². The van der Waals surface area contributed by atoms with Crippen molar-refractivity contribution < 1.29 is 14.7 Å². The number of benzene rings is 1. The van der Waals surface area contributed by atoms with E-state index in [2.05, 4.69) is 9.97 Å². The number of hydrogen-bond acceptors (Lipinski definition) is 7. The molecule has 0 spiro atoms. The van der Waals surface area contributed by atoms with Gasteiger partial charge in [-0.2, -0.15) is 0 Å². The molecule has 34 heavy (non-hydrogen) atoms. The normalized spacial score (nSPS) is 15.9. The average Bonchev–Trinajstić information content (AvgIpc) is 3.52. The van der Waals surface area contributed by atoms with Crippen LogP contribution in [0.2, 0.25) is 0 Å². The highest BCUT2D eigenvalue weighted by atomic mass is 32.1. The maximum Gasteiger partial charge on any atom is 0.290 e. The summed E-state index contributed by atoms with van der Waals surface area (Å²) in [7, 11) is 0. The Morgan fingerprint density at radius 3 is 2.53 bits per heavy atom. The van der Waals surface area contributed by atoms with Gasteiger partial charge >= 0.3 is 0 Å². The quantitative estimate of drug-likeness (QED) is 0.355. The van der Waals surface area contributed by atoms with E-state index in [9.17, 15) is 14.7 Å². The topological polar surface area (TPSA) is 83.4 Å². The molecule has 170 valence electrons. The molecule has 5 rings (SSSR count). The van der Waals surface area contributed by atoms with Crippen LogP contribution in [0, 0.1) is 13.8 Å². The fourth-order valence-corrected chi connectivity index (χ4v) is 6.16. The van der Waals surface area contributed by atoms with E-state index in [4.69, 9.17) is 0 Å². The number of amides is 1. The molecule has 1 amide bonds. The Morgan fingerprint density at radius 1 is 1.09 bits per heavy atom. The molecule has 0 saturated heterocycles. The lowest BCUT2D eigenvalue weighted by atomic mass is 9.98. The van der Waals surface area contributed by atoms with Crippen LogP contribution in [0.1, 0.15) is 37.5 Å². The number of thiazole rings is 1. The molecule has 0 radical (unpaired) electrons. The standard InChI is InChI=1S/C26H21N3O3S2/c1-15-11-13-33-23(15)20-19(22(31)26(32)29(20)14-18-10-6-7-12-27-18)21(30)24-16(2)28-25(34-24)17-8-4-3-5-9-17/h3-13,20,31H,14H2,1-2H3. The molecule has 1 aliphatic heterocycles. The molecule has 8 heteroatoms. The van der Waals surface area contributed by atoms with Crippen LogP contribution in [0.4, 0.5) is 0 Å². The van der Waals surface area contributed by atoms with Crippen molar-refractivity contribution in [2.45, 2.75) is 26.4 Å². The van der Waals surface area contributed by atoms with Crippen LogP contribution in [0.25, 0.3) is 10.6 Å². The third kappa shape index (κ3) is 3.85. The van der Waals surface area contributed by atoms with Gasteiger partial charge in [0.2, 0.25) is 5.78 Å². The molecule has 0 saturated carbocycles. The van der Waals surface area contributed by atoms with E-state index in [0.717, 1.165) is 21.0 Å². The predicted molar refractivity (Wildman–Crippen MR) is 133 cm³/mol. The summed E-state index contributed by atoms with van der Waals surface area (Å²) in [5, 5.41) is 13.6. The van der Waals surface area contributed by atoms with Gasteiger partial charge in [-0.15, -0.1) is 22.7 Å². The van der Waals surface area contributed by atoms with Gasteiger partial charge in [0, 0.05) is 16.6 Å². The Labute approximate surface area is 204 Å². The Hall–Kier alpha value is -3.62. The third-order valence-electron chi connectivity index (χ3n) is 5.78. The smallest absolute Gasteiger partial charge is 0.290 e. The lowest BCUT2D eigenvalue weighted by molar-refractivity contribution is -0.130. The first-order valence-corrected chi connectivity index (χ1v) is 12.4. The minimum absolute atomic E-state index is 0.0952. The van der Waals surface area contributed by atoms with E-state index >= 15 is 0 Å². The molecule has 0 bridgehead atoms. The fourth-order valence-electron chi connectivity index (χ4n) is 4.09. The van der Waals surface area contributed by atoms with Gasteiger partial charge in [0.15, 0.2) is 5.76 Å². The molecule has 1 unspecified atom stereocenters. The number of ketones is 1. The summed E-state index contributed by atoms with van der Waals surface area (Å²) in [6.07, 6.45) is 1.66. The lowest BCUT2D eigenvalue weighted by Crippen LogP contribution is -2.31. The van der Waals surface area contributed by atoms with Crippen molar-refractivity contribution in [2.24, 2.45) is 0 Å². The monoisotopic (exact) mass is 487 g/mol. The number of aromatic nitrogens is 2. The van der Waals surface area contributed by atoms with Crippen molar-refractivity contribution in [3.63, 3.8) is 0 Å². The van der Waals surface area contributed by atoms with Crippen molar-refractivity contribution in [3.05, 3.63) is 104 Å². The molecular weight excluding hydrogens is 466 g/mol. The van der Waals surface area contributed by atoms with Crippen molar-refractivity contribution >= 4 is 34.4 Å². The third-order valence-corrected chi connectivity index (χ3v) is 8.06. The maximum atomic E-state index is 13.8. The van der Waals surface area contributed by atoms with Gasteiger partial charge in [-0.25, -0.2) is 4.98 Å². The molecular formula is C26H21N3O3S2. The van der Waals surface area contributed by atoms with Crippen LogP contribution in [0.3, 0.4) is 0 Å². The first-order valence-electron chi connectivity index (χ1n) is 10.7. The lowest BCUT2D eigenvalue weighted by Gasteiger charge is -2.26. The first-order chi connectivity index (χ1) is 16.5. The van der Waals surface area contributed by atoms with Crippen molar-refractivity contribution in [1.82, 2.24) is 14.9 Å². The van der Waals surface area contributed by atoms with Crippen molar-refractivity contribution in [1.29, 1.82) is 0 Å². The molecule has 1 aromatic carbocycles. The van der Waals surface area contributed by atoms with E-state index in [0.29, 0.717) is 16.3 Å². The summed E-state index contributed by atoms with van der Waals surface area (Å²) < 4.78 is 0. The largest absolute Gasteiger partial charge is 0.503 e. The number of nitrogens with zero attached hydrogens (tertiary/aromatic N) is 3. The summed E-state index contributed by atoms with van der Waals surface area (Å²) in [4.78, 5) is 38.8. The zero-order chi connectivity index (χ0) is 23.8. The highest BCUT2D eigenvalue weighted by Gasteiger charge is 2.45. The molecule has 0 fully saturated rings. The molecule has 3 aromatic heterocycles. The number of aliphatic hydroxyl groups excluding tert-OH is 1. The SMILES string of the molecule is Cc1ccsc1C1C(C(=O)c2sc(-c3ccccc3)nc2C)=C(O)C(=O)N1Cc1ccccn1. The number of carbonyl (C=O) groups is 2. The van der Waals surface area contributed by atoms with Gasteiger partial charge in [-0.3, -0.25) is 14.6 Å². The second kappa shape index (κ2) is 8.96. The molecule has 1 atom stereocenters. The highest BCUT2D eigenvalue weighted by molar-refractivity contribution is 7.17. The second-order valence-electron chi connectivity index (χ2n) is 8.02. The Morgan fingerprint density at radius 2 is 1.85 bits per heavy atom. The van der Waals surface area contributed by atoms with Gasteiger partial charge < -0.3 is 10.0 Å². The van der Waals surface area contributed by atoms with Gasteiger partial charge in [-0.1, -0.05) is 36.4 Å². The molecule has 4 heterocycles. The van der Waals surface area contributed by atoms with E-state index in [1.807, 2.05) is 60.8 Å². The van der Waals surface area contributed by atoms with Crippen molar-refractivity contribution in [2.75, 3.05) is 0 Å². The molecule has 1 N–H and O–H groups in total. The Bertz CT molecular complexity index is 1410. The summed E-state index contributed by atoms with van der Waals surface area (Å²) in [6, 6.07) is 16.4. The molecule has 6 nitrogen and oxygen atoms in total. The Balaban J connectivity index is 1.58. The van der Waals surface area contributed by atoms with Gasteiger partial charge in [0.05, 0.1) is 28.4 Å². The van der Waals surface area contributed by atoms with Crippen LogP contribution in [-0.2, 0) is 11.3 Å². The number of aliphatic hydroxyl groups is 1. The fraction of sp³-hybridized carbons (Fsp3) is 0.154. The van der Waals surface area contributed by atoms with E-state index in [1.54, 1.807) is 19.2 Å². The van der Waals surface area contributed by atoms with Gasteiger partial charge in [0.25, 0.3) is 5.91 Å². The number of Topliss-reactive ketones (excluding diaryl/α,β-unsaturated/α-hetero) is 1. The van der Waals surface area contributed by atoms with E-state index < -0.39 is 17.7 Å². The zero-order valence-electron chi connectivity index (χ0n) is 18.6. The maximum absolute atomic E-state index is 13.8. The van der Waals surface area contributed by atoms with Gasteiger partial charge in [-0.05, 0) is 43.0 Å². The summed E-state index contributed by atoms with van der Waals surface area (Å²) in [6.45, 7) is 3.90. The van der Waals surface area contributed by atoms with Crippen LogP contribution < -0.4 is 0 Å². The van der Waals surface area contributed by atoms with Crippen LogP contribution in [-0.4, -0.2) is 31.7 Å². The number of aryl methyl sites for hydroxylation is 2. The minimum atomic E-state index is -0.691. The average molecular weight is 488 g/mol. The molecule has 4 aromatic rings. The number of pyridine rings is 1. The second-order valence-corrected chi connectivity index (χ2v) is 9.96. The van der Waals surface area contributed by atoms with Crippen molar-refractivity contribution in [3.8, 4) is 10.6 Å². The summed E-state index contributed by atoms with van der Waals surface area (Å²) >= 11 is 2.74. The first kappa shape index (κ1) is 22.2. The zero-order valence-corrected chi connectivity index (χ0v) is 20.2. The summed E-state index contributed by atoms with van der Waals surface area (Å²) in [5.74, 6) is -1.45. The highest BCUT2D eigenvalue weighted by Crippen LogP contribution is 2.44. The number of rotatable bonds is 6. The number of carbonyl (C=O) groups excluding carboxylic acids is 2. The Kier molecular flexibility index (Phi) is 5.85. The molecule has 1 aliphatic rings. The number of hydrogen-bond donors (Lipinski definition) is 1. The predicted octanol–water partition coefficient (Wildman–Crippen LogP) is 5.66. The van der Waals surface area contributed by atoms with E-state index in [1.165, 1.54) is 27.6 Å². The van der Waals surface area contributed by atoms with E-state index in [-0.39, 0.29) is 17.9 Å². The van der Waals surface area contributed by atoms with Crippen LogP contribution >= 0.6 is 22.7 Å². The van der Waals surface area contributed by atoms with Gasteiger partial charge in [0.1, 0.15) is 11.0 Å².